The summed E-state index contributed by atoms with van der Waals surface area (Å²) in [6, 6.07) is 0.542. The zero-order valence-corrected chi connectivity index (χ0v) is 11.4. The quantitative estimate of drug-likeness (QED) is 0.889. The van der Waals surface area contributed by atoms with Gasteiger partial charge in [-0.3, -0.25) is 0 Å². The smallest absolute Gasteiger partial charge is 0.0948 e. The molecular weight excluding hydrogens is 222 g/mol. The van der Waals surface area contributed by atoms with Crippen molar-refractivity contribution in [3.63, 3.8) is 0 Å². The summed E-state index contributed by atoms with van der Waals surface area (Å²) in [4.78, 5) is 4.38. The second kappa shape index (κ2) is 5.43. The maximum Gasteiger partial charge on any atom is 0.0948 e. The van der Waals surface area contributed by atoms with Crippen LogP contribution in [0.25, 0.3) is 0 Å². The van der Waals surface area contributed by atoms with Crippen molar-refractivity contribution < 1.29 is 0 Å². The van der Waals surface area contributed by atoms with Crippen LogP contribution in [0.5, 0.6) is 0 Å². The molecule has 1 aliphatic carbocycles. The average molecular weight is 247 g/mol. The molecule has 100 valence electrons. The van der Waals surface area contributed by atoms with Gasteiger partial charge in [0.25, 0.3) is 0 Å². The largest absolute Gasteiger partial charge is 0.333 e. The molecule has 3 heteroatoms. The van der Waals surface area contributed by atoms with Crippen LogP contribution in [-0.4, -0.2) is 16.1 Å². The number of nitrogens with one attached hydrogen (secondary N) is 1. The summed E-state index contributed by atoms with van der Waals surface area (Å²) in [5, 5.41) is 3.63. The Labute approximate surface area is 110 Å². The number of piperidine rings is 1. The van der Waals surface area contributed by atoms with Crippen LogP contribution in [-0.2, 0) is 6.54 Å². The van der Waals surface area contributed by atoms with Gasteiger partial charge in [0.15, 0.2) is 0 Å². The summed E-state index contributed by atoms with van der Waals surface area (Å²) in [6.45, 7) is 4.73. The summed E-state index contributed by atoms with van der Waals surface area (Å²) in [6.07, 6.45) is 12.3. The average Bonchev–Trinajstić information content (AvgIpc) is 3.00. The van der Waals surface area contributed by atoms with E-state index < -0.39 is 0 Å². The molecule has 1 saturated heterocycles. The van der Waals surface area contributed by atoms with Crippen molar-refractivity contribution in [3.05, 3.63) is 18.2 Å². The van der Waals surface area contributed by atoms with Gasteiger partial charge >= 0.3 is 0 Å². The number of hydrogen-bond acceptors (Lipinski definition) is 2. The van der Waals surface area contributed by atoms with Gasteiger partial charge in [-0.05, 0) is 44.1 Å². The van der Waals surface area contributed by atoms with Gasteiger partial charge in [-0.1, -0.05) is 19.8 Å². The fraction of sp³-hybridized carbons (Fsp3) is 0.800. The normalized spacial score (nSPS) is 32.8. The third-order valence-corrected chi connectivity index (χ3v) is 4.67. The predicted molar refractivity (Wildman–Crippen MR) is 73.3 cm³/mol. The Morgan fingerprint density at radius 3 is 3.00 bits per heavy atom. The summed E-state index contributed by atoms with van der Waals surface area (Å²) < 4.78 is 2.41. The third kappa shape index (κ3) is 2.61. The Kier molecular flexibility index (Phi) is 3.69. The molecule has 3 nitrogen and oxygen atoms in total. The lowest BCUT2D eigenvalue weighted by Crippen LogP contribution is -2.29. The van der Waals surface area contributed by atoms with Crippen LogP contribution in [0.2, 0.25) is 0 Å². The highest BCUT2D eigenvalue weighted by Crippen LogP contribution is 2.32. The molecule has 0 aromatic carbocycles. The van der Waals surface area contributed by atoms with Crippen LogP contribution in [0.4, 0.5) is 0 Å². The van der Waals surface area contributed by atoms with E-state index in [-0.39, 0.29) is 0 Å². The summed E-state index contributed by atoms with van der Waals surface area (Å²) in [5.74, 6) is 1.80. The second-order valence-corrected chi connectivity index (χ2v) is 6.26. The molecule has 2 fully saturated rings. The molecular formula is C15H25N3. The van der Waals surface area contributed by atoms with E-state index in [0.717, 1.165) is 18.4 Å². The van der Waals surface area contributed by atoms with Gasteiger partial charge in [0.1, 0.15) is 0 Å². The summed E-state index contributed by atoms with van der Waals surface area (Å²) in [5.41, 5.74) is 1.41. The topological polar surface area (TPSA) is 29.9 Å². The lowest BCUT2D eigenvalue weighted by atomic mass is 10.0. The first-order valence-corrected chi connectivity index (χ1v) is 7.56. The molecule has 3 rings (SSSR count). The molecule has 18 heavy (non-hydrogen) atoms. The molecule has 1 aromatic rings. The van der Waals surface area contributed by atoms with Crippen LogP contribution in [0.15, 0.2) is 12.5 Å². The first kappa shape index (κ1) is 12.2. The van der Waals surface area contributed by atoms with E-state index in [1.54, 1.807) is 0 Å². The number of aromatic nitrogens is 2. The summed E-state index contributed by atoms with van der Waals surface area (Å²) in [7, 11) is 0. The minimum absolute atomic E-state index is 0.542. The van der Waals surface area contributed by atoms with Crippen molar-refractivity contribution in [2.75, 3.05) is 6.54 Å². The Hall–Kier alpha value is -0.830. The highest BCUT2D eigenvalue weighted by atomic mass is 15.1. The first-order chi connectivity index (χ1) is 8.83. The van der Waals surface area contributed by atoms with E-state index in [0.29, 0.717) is 6.04 Å². The Morgan fingerprint density at radius 1 is 1.33 bits per heavy atom. The molecule has 1 saturated carbocycles. The van der Waals surface area contributed by atoms with Crippen molar-refractivity contribution >= 4 is 0 Å². The van der Waals surface area contributed by atoms with Gasteiger partial charge in [0, 0.05) is 18.8 Å². The van der Waals surface area contributed by atoms with E-state index in [1.807, 2.05) is 6.33 Å². The molecule has 1 aromatic heterocycles. The Balaban J connectivity index is 1.67. The molecule has 1 aliphatic heterocycles. The van der Waals surface area contributed by atoms with Crippen molar-refractivity contribution in [2.45, 2.75) is 58.0 Å². The minimum atomic E-state index is 0.542. The zero-order chi connectivity index (χ0) is 12.4. The highest BCUT2D eigenvalue weighted by Gasteiger charge is 2.24. The summed E-state index contributed by atoms with van der Waals surface area (Å²) >= 11 is 0. The van der Waals surface area contributed by atoms with Crippen LogP contribution < -0.4 is 5.32 Å². The number of nitrogens with zero attached hydrogens (tertiary/aromatic N) is 2. The minimum Gasteiger partial charge on any atom is -0.333 e. The fourth-order valence-electron chi connectivity index (χ4n) is 3.65. The van der Waals surface area contributed by atoms with Crippen molar-refractivity contribution in [3.8, 4) is 0 Å². The van der Waals surface area contributed by atoms with E-state index in [9.17, 15) is 0 Å². The maximum atomic E-state index is 4.38. The van der Waals surface area contributed by atoms with E-state index in [4.69, 9.17) is 0 Å². The van der Waals surface area contributed by atoms with Crippen LogP contribution in [0, 0.1) is 11.8 Å². The molecule has 1 N–H and O–H groups in total. The fourth-order valence-corrected chi connectivity index (χ4v) is 3.65. The van der Waals surface area contributed by atoms with Gasteiger partial charge in [-0.15, -0.1) is 0 Å². The van der Waals surface area contributed by atoms with Gasteiger partial charge < -0.3 is 9.88 Å². The molecule has 3 atom stereocenters. The lowest BCUT2D eigenvalue weighted by molar-refractivity contribution is 0.373. The van der Waals surface area contributed by atoms with Crippen LogP contribution >= 0.6 is 0 Å². The van der Waals surface area contributed by atoms with Gasteiger partial charge in [-0.25, -0.2) is 4.98 Å². The number of hydrogen-bond donors (Lipinski definition) is 1. The lowest BCUT2D eigenvalue weighted by Gasteiger charge is -2.25. The maximum absolute atomic E-state index is 4.38. The van der Waals surface area contributed by atoms with Crippen LogP contribution in [0.3, 0.4) is 0 Å². The monoisotopic (exact) mass is 247 g/mol. The molecule has 3 unspecified atom stereocenters. The van der Waals surface area contributed by atoms with E-state index >= 15 is 0 Å². The van der Waals surface area contributed by atoms with Crippen molar-refractivity contribution in [2.24, 2.45) is 11.8 Å². The van der Waals surface area contributed by atoms with Gasteiger partial charge in [0.2, 0.25) is 0 Å². The van der Waals surface area contributed by atoms with E-state index in [2.05, 4.69) is 28.0 Å². The third-order valence-electron chi connectivity index (χ3n) is 4.67. The zero-order valence-electron chi connectivity index (χ0n) is 11.4. The SMILES string of the molecule is CC1CCC(Cn2cncc2C2CCCCN2)C1. The van der Waals surface area contributed by atoms with Gasteiger partial charge in [-0.2, -0.15) is 0 Å². The standard InChI is InChI=1S/C15H25N3/c1-12-5-6-13(8-12)10-18-11-16-9-15(18)14-4-2-3-7-17-14/h9,11-14,17H,2-8,10H2,1H3. The number of rotatable bonds is 3. The molecule has 0 amide bonds. The molecule has 2 heterocycles. The van der Waals surface area contributed by atoms with E-state index in [1.165, 1.54) is 50.8 Å². The molecule has 0 bridgehead atoms. The number of imidazole rings is 1. The first-order valence-electron chi connectivity index (χ1n) is 7.56. The molecule has 0 radical (unpaired) electrons. The van der Waals surface area contributed by atoms with Crippen molar-refractivity contribution in [1.29, 1.82) is 0 Å². The van der Waals surface area contributed by atoms with Crippen LogP contribution in [0.1, 0.15) is 57.2 Å². The van der Waals surface area contributed by atoms with Gasteiger partial charge in [0.05, 0.1) is 12.0 Å². The van der Waals surface area contributed by atoms with Crippen molar-refractivity contribution in [1.82, 2.24) is 14.9 Å². The molecule has 0 spiro atoms. The predicted octanol–water partition coefficient (Wildman–Crippen LogP) is 3.13. The highest BCUT2D eigenvalue weighted by molar-refractivity contribution is 5.06. The Bertz CT molecular complexity index is 379. The Morgan fingerprint density at radius 2 is 2.28 bits per heavy atom. The second-order valence-electron chi connectivity index (χ2n) is 6.26. The molecule has 2 aliphatic rings.